The van der Waals surface area contributed by atoms with Gasteiger partial charge in [0.2, 0.25) is 0 Å². The molecule has 3 rings (SSSR count). The Morgan fingerprint density at radius 1 is 1.45 bits per heavy atom. The number of anilines is 1. The monoisotopic (exact) mass is 288 g/mol. The predicted octanol–water partition coefficient (Wildman–Crippen LogP) is 3.27. The van der Waals surface area contributed by atoms with Crippen LogP contribution in [0, 0.1) is 6.92 Å². The molecule has 0 aliphatic carbocycles. The molecular formula is C15H16N2O2S. The van der Waals surface area contributed by atoms with E-state index in [9.17, 15) is 4.79 Å². The molecule has 0 amide bonds. The van der Waals surface area contributed by atoms with Gasteiger partial charge in [0.05, 0.1) is 17.3 Å². The second kappa shape index (κ2) is 4.90. The summed E-state index contributed by atoms with van der Waals surface area (Å²) in [5.74, 6) is -0.0646. The molecule has 104 valence electrons. The van der Waals surface area contributed by atoms with Crippen LogP contribution in [0.2, 0.25) is 0 Å². The van der Waals surface area contributed by atoms with Gasteiger partial charge in [-0.25, -0.2) is 9.78 Å². The first-order valence-corrected chi connectivity index (χ1v) is 7.49. The van der Waals surface area contributed by atoms with E-state index in [4.69, 9.17) is 5.11 Å². The van der Waals surface area contributed by atoms with Gasteiger partial charge in [-0.05, 0) is 49.4 Å². The summed E-state index contributed by atoms with van der Waals surface area (Å²) in [5.41, 5.74) is 2.20. The maximum atomic E-state index is 11.1. The van der Waals surface area contributed by atoms with E-state index in [-0.39, 0.29) is 11.6 Å². The van der Waals surface area contributed by atoms with E-state index >= 15 is 0 Å². The highest BCUT2D eigenvalue weighted by Gasteiger charge is 2.26. The molecule has 1 aliphatic rings. The largest absolute Gasteiger partial charge is 0.478 e. The number of carboxylic acid groups (broad SMARTS) is 1. The smallest absolute Gasteiger partial charge is 0.337 e. The third-order valence-corrected chi connectivity index (χ3v) is 4.87. The molecule has 1 aliphatic heterocycles. The Labute approximate surface area is 121 Å². The summed E-state index contributed by atoms with van der Waals surface area (Å²) in [4.78, 5) is 19.2. The standard InChI is InChI=1S/C15H16N2O2S/c1-9-11(15(18)19)3-4-14(16-9)17-7-5-13-12(10(17)2)6-8-20-13/h3-4,6,8,10H,5,7H2,1-2H3,(H,18,19). The molecule has 2 aromatic heterocycles. The molecule has 5 heteroatoms. The van der Waals surface area contributed by atoms with Crippen molar-refractivity contribution in [2.75, 3.05) is 11.4 Å². The van der Waals surface area contributed by atoms with Crippen LogP contribution in [0.3, 0.4) is 0 Å². The lowest BCUT2D eigenvalue weighted by Crippen LogP contribution is -2.33. The molecule has 1 unspecified atom stereocenters. The van der Waals surface area contributed by atoms with Gasteiger partial charge in [-0.1, -0.05) is 0 Å². The summed E-state index contributed by atoms with van der Waals surface area (Å²) in [6.45, 7) is 4.85. The Kier molecular flexibility index (Phi) is 3.22. The van der Waals surface area contributed by atoms with E-state index in [0.717, 1.165) is 18.8 Å². The third-order valence-electron chi connectivity index (χ3n) is 3.87. The maximum Gasteiger partial charge on any atom is 0.337 e. The van der Waals surface area contributed by atoms with Crippen molar-refractivity contribution < 1.29 is 9.90 Å². The van der Waals surface area contributed by atoms with Crippen molar-refractivity contribution in [1.82, 2.24) is 4.98 Å². The van der Waals surface area contributed by atoms with Crippen molar-refractivity contribution in [2.24, 2.45) is 0 Å². The van der Waals surface area contributed by atoms with Crippen molar-refractivity contribution in [2.45, 2.75) is 26.3 Å². The Bertz CT molecular complexity index is 666. The van der Waals surface area contributed by atoms with Gasteiger partial charge in [0.1, 0.15) is 5.82 Å². The van der Waals surface area contributed by atoms with Crippen LogP contribution < -0.4 is 4.90 Å². The molecule has 0 aromatic carbocycles. The number of hydrogen-bond donors (Lipinski definition) is 1. The first-order chi connectivity index (χ1) is 9.58. The summed E-state index contributed by atoms with van der Waals surface area (Å²) >= 11 is 1.81. The second-order valence-corrected chi connectivity index (χ2v) is 6.03. The summed E-state index contributed by atoms with van der Waals surface area (Å²) < 4.78 is 0. The number of hydrogen-bond acceptors (Lipinski definition) is 4. The molecule has 3 heterocycles. The highest BCUT2D eigenvalue weighted by molar-refractivity contribution is 7.10. The van der Waals surface area contributed by atoms with Crippen LogP contribution in [-0.4, -0.2) is 22.6 Å². The average Bonchev–Trinajstić information content (AvgIpc) is 2.87. The number of aryl methyl sites for hydroxylation is 1. The second-order valence-electron chi connectivity index (χ2n) is 5.03. The maximum absolute atomic E-state index is 11.1. The fraction of sp³-hybridized carbons (Fsp3) is 0.333. The van der Waals surface area contributed by atoms with Gasteiger partial charge in [-0.15, -0.1) is 11.3 Å². The molecule has 1 atom stereocenters. The summed E-state index contributed by atoms with van der Waals surface area (Å²) in [5, 5.41) is 11.2. The van der Waals surface area contributed by atoms with Crippen LogP contribution in [0.1, 0.15) is 39.5 Å². The van der Waals surface area contributed by atoms with Crippen LogP contribution in [-0.2, 0) is 6.42 Å². The number of nitrogens with zero attached hydrogens (tertiary/aromatic N) is 2. The minimum Gasteiger partial charge on any atom is -0.478 e. The molecule has 4 nitrogen and oxygen atoms in total. The topological polar surface area (TPSA) is 53.4 Å². The molecule has 2 aromatic rings. The number of pyridine rings is 1. The molecule has 0 saturated carbocycles. The Morgan fingerprint density at radius 2 is 2.25 bits per heavy atom. The summed E-state index contributed by atoms with van der Waals surface area (Å²) in [6.07, 6.45) is 1.03. The zero-order valence-corrected chi connectivity index (χ0v) is 12.3. The van der Waals surface area contributed by atoms with E-state index < -0.39 is 5.97 Å². The van der Waals surface area contributed by atoms with Crippen LogP contribution >= 0.6 is 11.3 Å². The van der Waals surface area contributed by atoms with Crippen molar-refractivity contribution in [3.05, 3.63) is 45.3 Å². The SMILES string of the molecule is Cc1nc(N2CCc3sccc3C2C)ccc1C(=O)O. The van der Waals surface area contributed by atoms with Crippen LogP contribution in [0.25, 0.3) is 0 Å². The van der Waals surface area contributed by atoms with Gasteiger partial charge in [-0.2, -0.15) is 0 Å². The highest BCUT2D eigenvalue weighted by atomic mass is 32.1. The van der Waals surface area contributed by atoms with Crippen molar-refractivity contribution in [1.29, 1.82) is 0 Å². The molecule has 20 heavy (non-hydrogen) atoms. The lowest BCUT2D eigenvalue weighted by Gasteiger charge is -2.34. The van der Waals surface area contributed by atoms with Gasteiger partial charge in [-0.3, -0.25) is 0 Å². The molecule has 0 bridgehead atoms. The Balaban J connectivity index is 1.95. The normalized spacial score (nSPS) is 17.9. The van der Waals surface area contributed by atoms with E-state index in [1.165, 1.54) is 10.4 Å². The lowest BCUT2D eigenvalue weighted by atomic mass is 10.0. The van der Waals surface area contributed by atoms with E-state index in [1.54, 1.807) is 13.0 Å². The number of carbonyl (C=O) groups is 1. The van der Waals surface area contributed by atoms with Gasteiger partial charge >= 0.3 is 5.97 Å². The number of aromatic nitrogens is 1. The molecule has 0 saturated heterocycles. The zero-order chi connectivity index (χ0) is 14.3. The first kappa shape index (κ1) is 13.1. The fourth-order valence-corrected chi connectivity index (χ4v) is 3.72. The predicted molar refractivity (Wildman–Crippen MR) is 79.7 cm³/mol. The number of carboxylic acids is 1. The van der Waals surface area contributed by atoms with Gasteiger partial charge in [0, 0.05) is 11.4 Å². The van der Waals surface area contributed by atoms with Crippen molar-refractivity contribution in [3.8, 4) is 0 Å². The minimum atomic E-state index is -0.923. The number of fused-ring (bicyclic) bond motifs is 1. The molecule has 1 N–H and O–H groups in total. The molecular weight excluding hydrogens is 272 g/mol. The third kappa shape index (κ3) is 2.08. The van der Waals surface area contributed by atoms with Crippen LogP contribution in [0.5, 0.6) is 0 Å². The molecule has 0 fully saturated rings. The average molecular weight is 288 g/mol. The Hall–Kier alpha value is -1.88. The minimum absolute atomic E-state index is 0.273. The Morgan fingerprint density at radius 3 is 2.95 bits per heavy atom. The van der Waals surface area contributed by atoms with Gasteiger partial charge in [0.25, 0.3) is 0 Å². The van der Waals surface area contributed by atoms with E-state index in [0.29, 0.717) is 5.69 Å². The van der Waals surface area contributed by atoms with E-state index in [2.05, 4.69) is 28.3 Å². The fourth-order valence-electron chi connectivity index (χ4n) is 2.76. The van der Waals surface area contributed by atoms with Gasteiger partial charge in [0.15, 0.2) is 0 Å². The lowest BCUT2D eigenvalue weighted by molar-refractivity contribution is 0.0695. The summed E-state index contributed by atoms with van der Waals surface area (Å²) in [6, 6.07) is 5.92. The highest BCUT2D eigenvalue weighted by Crippen LogP contribution is 2.35. The number of aromatic carboxylic acids is 1. The summed E-state index contributed by atoms with van der Waals surface area (Å²) in [7, 11) is 0. The van der Waals surface area contributed by atoms with Crippen molar-refractivity contribution in [3.63, 3.8) is 0 Å². The first-order valence-electron chi connectivity index (χ1n) is 6.62. The zero-order valence-electron chi connectivity index (χ0n) is 11.5. The van der Waals surface area contributed by atoms with E-state index in [1.807, 2.05) is 17.4 Å². The van der Waals surface area contributed by atoms with Gasteiger partial charge < -0.3 is 10.0 Å². The van der Waals surface area contributed by atoms with Crippen LogP contribution in [0.4, 0.5) is 5.82 Å². The molecule has 0 radical (unpaired) electrons. The number of rotatable bonds is 2. The quantitative estimate of drug-likeness (QED) is 0.921. The number of thiophene rings is 1. The van der Waals surface area contributed by atoms with Crippen molar-refractivity contribution >= 4 is 23.1 Å². The molecule has 0 spiro atoms. The van der Waals surface area contributed by atoms with Crippen LogP contribution in [0.15, 0.2) is 23.6 Å².